The SMILES string of the molecule is c1cc(C2CCC[N]2)ccc1CN1CCCCC1. The van der Waals surface area contributed by atoms with E-state index in [4.69, 9.17) is 0 Å². The van der Waals surface area contributed by atoms with Crippen LogP contribution >= 0.6 is 0 Å². The summed E-state index contributed by atoms with van der Waals surface area (Å²) in [6.07, 6.45) is 6.67. The molecular formula is C16H23N2. The highest BCUT2D eigenvalue weighted by molar-refractivity contribution is 5.25. The lowest BCUT2D eigenvalue weighted by atomic mass is 10.0. The Morgan fingerprint density at radius 3 is 2.44 bits per heavy atom. The second-order valence-corrected chi connectivity index (χ2v) is 5.64. The first-order chi connectivity index (χ1) is 8.92. The molecule has 0 bridgehead atoms. The van der Waals surface area contributed by atoms with Gasteiger partial charge in [0.05, 0.1) is 0 Å². The van der Waals surface area contributed by atoms with Crippen LogP contribution in [0.3, 0.4) is 0 Å². The largest absolute Gasteiger partial charge is 0.299 e. The molecule has 2 nitrogen and oxygen atoms in total. The van der Waals surface area contributed by atoms with E-state index in [0.717, 1.165) is 13.1 Å². The van der Waals surface area contributed by atoms with Crippen molar-refractivity contribution in [1.82, 2.24) is 10.2 Å². The molecule has 0 saturated carbocycles. The maximum atomic E-state index is 4.64. The Bertz CT molecular complexity index is 359. The molecule has 1 aromatic rings. The molecule has 2 aliphatic rings. The highest BCUT2D eigenvalue weighted by Crippen LogP contribution is 2.25. The van der Waals surface area contributed by atoms with Gasteiger partial charge in [0.15, 0.2) is 0 Å². The molecule has 3 rings (SSSR count). The topological polar surface area (TPSA) is 17.3 Å². The summed E-state index contributed by atoms with van der Waals surface area (Å²) in [6.45, 7) is 4.74. The van der Waals surface area contributed by atoms with Crippen molar-refractivity contribution in [1.29, 1.82) is 0 Å². The first kappa shape index (κ1) is 12.2. The lowest BCUT2D eigenvalue weighted by Crippen LogP contribution is -2.29. The van der Waals surface area contributed by atoms with Crippen LogP contribution in [-0.2, 0) is 6.54 Å². The zero-order chi connectivity index (χ0) is 12.2. The summed E-state index contributed by atoms with van der Waals surface area (Å²) < 4.78 is 0. The Morgan fingerprint density at radius 1 is 1.00 bits per heavy atom. The summed E-state index contributed by atoms with van der Waals surface area (Å²) >= 11 is 0. The van der Waals surface area contributed by atoms with E-state index < -0.39 is 0 Å². The van der Waals surface area contributed by atoms with Crippen LogP contribution in [-0.4, -0.2) is 24.5 Å². The first-order valence-corrected chi connectivity index (χ1v) is 7.39. The number of hydrogen-bond acceptors (Lipinski definition) is 1. The Balaban J connectivity index is 1.59. The minimum Gasteiger partial charge on any atom is -0.299 e. The van der Waals surface area contributed by atoms with E-state index in [1.807, 2.05) is 0 Å². The van der Waals surface area contributed by atoms with Crippen LogP contribution in [0.4, 0.5) is 0 Å². The number of nitrogens with zero attached hydrogens (tertiary/aromatic N) is 2. The molecular weight excluding hydrogens is 220 g/mol. The van der Waals surface area contributed by atoms with Gasteiger partial charge in [-0.05, 0) is 49.9 Å². The summed E-state index contributed by atoms with van der Waals surface area (Å²) in [5, 5.41) is 4.64. The molecule has 2 heteroatoms. The average molecular weight is 243 g/mol. The Hall–Kier alpha value is -0.860. The van der Waals surface area contributed by atoms with E-state index in [9.17, 15) is 0 Å². The predicted molar refractivity (Wildman–Crippen MR) is 74.5 cm³/mol. The molecule has 2 fully saturated rings. The van der Waals surface area contributed by atoms with Crippen molar-refractivity contribution in [2.24, 2.45) is 0 Å². The van der Waals surface area contributed by atoms with Gasteiger partial charge < -0.3 is 0 Å². The van der Waals surface area contributed by atoms with Crippen LogP contribution in [0, 0.1) is 0 Å². The van der Waals surface area contributed by atoms with Gasteiger partial charge >= 0.3 is 0 Å². The highest BCUT2D eigenvalue weighted by atomic mass is 15.1. The van der Waals surface area contributed by atoms with E-state index in [0.29, 0.717) is 6.04 Å². The molecule has 18 heavy (non-hydrogen) atoms. The number of hydrogen-bond donors (Lipinski definition) is 0. The molecule has 2 aliphatic heterocycles. The van der Waals surface area contributed by atoms with Crippen molar-refractivity contribution in [2.75, 3.05) is 19.6 Å². The molecule has 2 heterocycles. The Labute approximate surface area is 110 Å². The van der Waals surface area contributed by atoms with Gasteiger partial charge in [-0.3, -0.25) is 4.90 Å². The van der Waals surface area contributed by atoms with Crippen LogP contribution < -0.4 is 5.32 Å². The van der Waals surface area contributed by atoms with Crippen LogP contribution in [0.5, 0.6) is 0 Å². The van der Waals surface area contributed by atoms with Gasteiger partial charge in [0.25, 0.3) is 0 Å². The number of likely N-dealkylation sites (tertiary alicyclic amines) is 1. The van der Waals surface area contributed by atoms with E-state index >= 15 is 0 Å². The van der Waals surface area contributed by atoms with Gasteiger partial charge in [-0.15, -0.1) is 0 Å². The van der Waals surface area contributed by atoms with Crippen LogP contribution in [0.25, 0.3) is 0 Å². The summed E-state index contributed by atoms with van der Waals surface area (Å²) in [4.78, 5) is 2.58. The molecule has 1 unspecified atom stereocenters. The van der Waals surface area contributed by atoms with E-state index in [-0.39, 0.29) is 0 Å². The standard InChI is InChI=1S/C16H23N2/c1-2-11-18(12-3-1)13-14-6-8-15(9-7-14)16-5-4-10-17-16/h6-9,16H,1-5,10-13H2. The van der Waals surface area contributed by atoms with Crippen molar-refractivity contribution in [2.45, 2.75) is 44.7 Å². The van der Waals surface area contributed by atoms with Gasteiger partial charge in [0, 0.05) is 19.1 Å². The molecule has 97 valence electrons. The summed E-state index contributed by atoms with van der Waals surface area (Å²) in [7, 11) is 0. The minimum atomic E-state index is 0.481. The molecule has 0 aromatic heterocycles. The number of rotatable bonds is 3. The summed E-state index contributed by atoms with van der Waals surface area (Å²) in [5.74, 6) is 0. The second kappa shape index (κ2) is 5.85. The molecule has 1 aromatic carbocycles. The lowest BCUT2D eigenvalue weighted by molar-refractivity contribution is 0.221. The maximum Gasteiger partial charge on any atom is 0.0496 e. The monoisotopic (exact) mass is 243 g/mol. The average Bonchev–Trinajstić information content (AvgIpc) is 2.95. The maximum absolute atomic E-state index is 4.64. The lowest BCUT2D eigenvalue weighted by Gasteiger charge is -2.26. The molecule has 2 saturated heterocycles. The summed E-state index contributed by atoms with van der Waals surface area (Å²) in [6, 6.07) is 9.67. The zero-order valence-electron chi connectivity index (χ0n) is 11.1. The second-order valence-electron chi connectivity index (χ2n) is 5.64. The third-order valence-corrected chi connectivity index (χ3v) is 4.20. The fourth-order valence-electron chi connectivity index (χ4n) is 3.12. The van der Waals surface area contributed by atoms with Gasteiger partial charge in [-0.25, -0.2) is 5.32 Å². The molecule has 0 amide bonds. The fourth-order valence-corrected chi connectivity index (χ4v) is 3.12. The van der Waals surface area contributed by atoms with Crippen molar-refractivity contribution in [3.8, 4) is 0 Å². The quantitative estimate of drug-likeness (QED) is 0.797. The molecule has 0 aliphatic carbocycles. The molecule has 0 spiro atoms. The number of piperidine rings is 1. The highest BCUT2D eigenvalue weighted by Gasteiger charge is 2.17. The number of benzene rings is 1. The Morgan fingerprint density at radius 2 is 1.78 bits per heavy atom. The molecule has 1 atom stereocenters. The van der Waals surface area contributed by atoms with Gasteiger partial charge in [0.1, 0.15) is 0 Å². The molecule has 0 N–H and O–H groups in total. The predicted octanol–water partition coefficient (Wildman–Crippen LogP) is 3.11. The first-order valence-electron chi connectivity index (χ1n) is 7.39. The zero-order valence-corrected chi connectivity index (χ0v) is 11.1. The third kappa shape index (κ3) is 2.93. The van der Waals surface area contributed by atoms with E-state index in [2.05, 4.69) is 34.5 Å². The van der Waals surface area contributed by atoms with Crippen molar-refractivity contribution in [3.63, 3.8) is 0 Å². The third-order valence-electron chi connectivity index (χ3n) is 4.20. The van der Waals surface area contributed by atoms with Crippen molar-refractivity contribution >= 4 is 0 Å². The van der Waals surface area contributed by atoms with Crippen LogP contribution in [0.15, 0.2) is 24.3 Å². The molecule has 1 radical (unpaired) electrons. The van der Waals surface area contributed by atoms with Crippen LogP contribution in [0.1, 0.15) is 49.3 Å². The smallest absolute Gasteiger partial charge is 0.0496 e. The van der Waals surface area contributed by atoms with E-state index in [1.54, 1.807) is 0 Å². The Kier molecular flexibility index (Phi) is 3.96. The van der Waals surface area contributed by atoms with E-state index in [1.165, 1.54) is 56.3 Å². The van der Waals surface area contributed by atoms with Gasteiger partial charge in [0.2, 0.25) is 0 Å². The normalized spacial score (nSPS) is 25.4. The van der Waals surface area contributed by atoms with Crippen LogP contribution in [0.2, 0.25) is 0 Å². The van der Waals surface area contributed by atoms with Crippen molar-refractivity contribution < 1.29 is 0 Å². The minimum absolute atomic E-state index is 0.481. The summed E-state index contributed by atoms with van der Waals surface area (Å²) in [5.41, 5.74) is 2.87. The fraction of sp³-hybridized carbons (Fsp3) is 0.625. The van der Waals surface area contributed by atoms with Gasteiger partial charge in [-0.2, -0.15) is 0 Å². The van der Waals surface area contributed by atoms with Gasteiger partial charge in [-0.1, -0.05) is 30.7 Å². The van der Waals surface area contributed by atoms with Crippen molar-refractivity contribution in [3.05, 3.63) is 35.4 Å².